The second-order valence-corrected chi connectivity index (χ2v) is 8.70. The van der Waals surface area contributed by atoms with Gasteiger partial charge in [-0.25, -0.2) is 0 Å². The van der Waals surface area contributed by atoms with Gasteiger partial charge in [0, 0.05) is 32.0 Å². The van der Waals surface area contributed by atoms with Gasteiger partial charge in [-0.2, -0.15) is 0 Å². The minimum Gasteiger partial charge on any atom is -0.481 e. The van der Waals surface area contributed by atoms with Gasteiger partial charge < -0.3 is 14.7 Å². The lowest BCUT2D eigenvalue weighted by molar-refractivity contribution is -0.157. The van der Waals surface area contributed by atoms with Crippen LogP contribution in [0.3, 0.4) is 0 Å². The second kappa shape index (κ2) is 7.03. The minimum atomic E-state index is -0.817. The molecule has 142 valence electrons. The van der Waals surface area contributed by atoms with E-state index in [1.165, 1.54) is 5.56 Å². The first-order valence-corrected chi connectivity index (χ1v) is 9.41. The predicted molar refractivity (Wildman–Crippen MR) is 99.0 cm³/mol. The molecule has 26 heavy (non-hydrogen) atoms. The van der Waals surface area contributed by atoms with Crippen molar-refractivity contribution in [3.63, 3.8) is 0 Å². The summed E-state index contributed by atoms with van der Waals surface area (Å²) < 4.78 is 5.45. The fraction of sp³-hybridized carbons (Fsp3) is 0.619. The first-order valence-electron chi connectivity index (χ1n) is 9.41. The van der Waals surface area contributed by atoms with Gasteiger partial charge in [0.15, 0.2) is 0 Å². The number of carbonyl (C=O) groups is 2. The number of rotatable bonds is 4. The highest BCUT2D eigenvalue weighted by molar-refractivity contribution is 5.81. The topological polar surface area (TPSA) is 66.8 Å². The van der Waals surface area contributed by atoms with Crippen molar-refractivity contribution >= 4 is 11.9 Å². The number of fused-ring (bicyclic) bond motifs is 1. The molecule has 2 atom stereocenters. The number of amides is 1. The van der Waals surface area contributed by atoms with Crippen molar-refractivity contribution in [1.82, 2.24) is 4.90 Å². The zero-order chi connectivity index (χ0) is 18.9. The van der Waals surface area contributed by atoms with E-state index in [1.54, 1.807) is 4.90 Å². The first kappa shape index (κ1) is 18.9. The fourth-order valence-electron chi connectivity index (χ4n) is 4.07. The Hall–Kier alpha value is -1.88. The quantitative estimate of drug-likeness (QED) is 0.898. The molecule has 3 rings (SSSR count). The van der Waals surface area contributed by atoms with Crippen LogP contribution < -0.4 is 0 Å². The zero-order valence-electron chi connectivity index (χ0n) is 16.0. The number of aryl methyl sites for hydroxylation is 1. The SMILES string of the molecule is CC(C)(C)c1ccc(CCC(=O)N2C[C@H]3COCC[C@@]3(C(=O)O)C2)cc1. The smallest absolute Gasteiger partial charge is 0.311 e. The van der Waals surface area contributed by atoms with Crippen molar-refractivity contribution in [2.75, 3.05) is 26.3 Å². The molecule has 2 aliphatic rings. The van der Waals surface area contributed by atoms with Crippen molar-refractivity contribution in [3.8, 4) is 0 Å². The number of hydrogen-bond acceptors (Lipinski definition) is 3. The van der Waals surface area contributed by atoms with E-state index >= 15 is 0 Å². The van der Waals surface area contributed by atoms with E-state index in [1.807, 2.05) is 0 Å². The van der Waals surface area contributed by atoms with Crippen LogP contribution in [0.2, 0.25) is 0 Å². The predicted octanol–water partition coefficient (Wildman–Crippen LogP) is 2.87. The average molecular weight is 359 g/mol. The number of hydrogen-bond donors (Lipinski definition) is 1. The normalized spacial score (nSPS) is 25.8. The van der Waals surface area contributed by atoms with Gasteiger partial charge in [-0.15, -0.1) is 0 Å². The molecular weight excluding hydrogens is 330 g/mol. The van der Waals surface area contributed by atoms with E-state index in [0.29, 0.717) is 45.6 Å². The average Bonchev–Trinajstić information content (AvgIpc) is 3.00. The van der Waals surface area contributed by atoms with Crippen LogP contribution >= 0.6 is 0 Å². The van der Waals surface area contributed by atoms with Crippen molar-refractivity contribution in [2.24, 2.45) is 11.3 Å². The number of nitrogens with zero attached hydrogens (tertiary/aromatic N) is 1. The number of ether oxygens (including phenoxy) is 1. The van der Waals surface area contributed by atoms with E-state index in [-0.39, 0.29) is 17.2 Å². The second-order valence-electron chi connectivity index (χ2n) is 8.70. The molecule has 0 saturated carbocycles. The van der Waals surface area contributed by atoms with Gasteiger partial charge in [0.25, 0.3) is 0 Å². The molecule has 2 heterocycles. The highest BCUT2D eigenvalue weighted by Gasteiger charge is 2.54. The molecule has 0 aromatic heterocycles. The maximum absolute atomic E-state index is 12.6. The first-order chi connectivity index (χ1) is 12.2. The van der Waals surface area contributed by atoms with E-state index in [2.05, 4.69) is 45.0 Å². The van der Waals surface area contributed by atoms with Crippen LogP contribution in [0.25, 0.3) is 0 Å². The van der Waals surface area contributed by atoms with Crippen molar-refractivity contribution < 1.29 is 19.4 Å². The molecule has 1 aromatic rings. The number of aliphatic carboxylic acids is 1. The summed E-state index contributed by atoms with van der Waals surface area (Å²) in [6, 6.07) is 8.43. The lowest BCUT2D eigenvalue weighted by Gasteiger charge is -2.33. The van der Waals surface area contributed by atoms with Crippen LogP contribution in [-0.2, 0) is 26.2 Å². The Balaban J connectivity index is 1.60. The Bertz CT molecular complexity index is 676. The van der Waals surface area contributed by atoms with Crippen molar-refractivity contribution in [1.29, 1.82) is 0 Å². The summed E-state index contributed by atoms with van der Waals surface area (Å²) in [6.07, 6.45) is 1.59. The number of carboxylic acid groups (broad SMARTS) is 1. The largest absolute Gasteiger partial charge is 0.481 e. The summed E-state index contributed by atoms with van der Waals surface area (Å²) in [5.41, 5.74) is 1.72. The summed E-state index contributed by atoms with van der Waals surface area (Å²) in [5.74, 6) is -0.845. The summed E-state index contributed by atoms with van der Waals surface area (Å²) in [5, 5.41) is 9.70. The van der Waals surface area contributed by atoms with Crippen molar-refractivity contribution in [2.45, 2.75) is 45.4 Å². The molecule has 1 aromatic carbocycles. The highest BCUT2D eigenvalue weighted by Crippen LogP contribution is 2.42. The molecule has 0 unspecified atom stereocenters. The Labute approximate surface area is 155 Å². The van der Waals surface area contributed by atoms with Crippen LogP contribution in [0.5, 0.6) is 0 Å². The Kier molecular flexibility index (Phi) is 5.11. The summed E-state index contributed by atoms with van der Waals surface area (Å²) >= 11 is 0. The highest BCUT2D eigenvalue weighted by atomic mass is 16.5. The molecule has 1 N–H and O–H groups in total. The van der Waals surface area contributed by atoms with Crippen LogP contribution in [0.4, 0.5) is 0 Å². The molecule has 2 saturated heterocycles. The molecule has 0 aliphatic carbocycles. The third-order valence-electron chi connectivity index (χ3n) is 5.93. The zero-order valence-corrected chi connectivity index (χ0v) is 16.0. The summed E-state index contributed by atoms with van der Waals surface area (Å²) in [4.78, 5) is 26.2. The molecule has 5 heteroatoms. The molecule has 0 radical (unpaired) electrons. The van der Waals surface area contributed by atoms with Gasteiger partial charge in [-0.05, 0) is 29.4 Å². The van der Waals surface area contributed by atoms with E-state index in [0.717, 1.165) is 5.56 Å². The van der Waals surface area contributed by atoms with Gasteiger partial charge >= 0.3 is 5.97 Å². The van der Waals surface area contributed by atoms with Crippen LogP contribution in [0, 0.1) is 11.3 Å². The summed E-state index contributed by atoms with van der Waals surface area (Å²) in [6.45, 7) is 8.25. The Morgan fingerprint density at radius 2 is 1.96 bits per heavy atom. The van der Waals surface area contributed by atoms with Gasteiger partial charge in [-0.1, -0.05) is 45.0 Å². The van der Waals surface area contributed by atoms with Gasteiger partial charge in [-0.3, -0.25) is 9.59 Å². The van der Waals surface area contributed by atoms with Crippen LogP contribution in [0.1, 0.15) is 44.7 Å². The van der Waals surface area contributed by atoms with Gasteiger partial charge in [0.1, 0.15) is 0 Å². The maximum atomic E-state index is 12.6. The standard InChI is InChI=1S/C21H29NO4/c1-20(2,3)16-7-4-15(5-8-16)6-9-18(23)22-12-17-13-26-11-10-21(17,14-22)19(24)25/h4-5,7-8,17H,6,9-14H2,1-3H3,(H,24,25)/t17-,21+/m0/s1. The third kappa shape index (κ3) is 3.63. The van der Waals surface area contributed by atoms with Crippen LogP contribution in [-0.4, -0.2) is 48.2 Å². The molecule has 0 bridgehead atoms. The molecule has 2 aliphatic heterocycles. The van der Waals surface area contributed by atoms with Gasteiger partial charge in [0.05, 0.1) is 12.0 Å². The van der Waals surface area contributed by atoms with E-state index < -0.39 is 11.4 Å². The third-order valence-corrected chi connectivity index (χ3v) is 5.93. The summed E-state index contributed by atoms with van der Waals surface area (Å²) in [7, 11) is 0. The minimum absolute atomic E-state index is 0.0416. The Morgan fingerprint density at radius 3 is 2.54 bits per heavy atom. The molecule has 1 amide bonds. The maximum Gasteiger partial charge on any atom is 0.311 e. The monoisotopic (exact) mass is 359 g/mol. The van der Waals surface area contributed by atoms with Crippen molar-refractivity contribution in [3.05, 3.63) is 35.4 Å². The van der Waals surface area contributed by atoms with Gasteiger partial charge in [0.2, 0.25) is 5.91 Å². The molecule has 0 spiro atoms. The number of carboxylic acids is 1. The molecule has 2 fully saturated rings. The fourth-order valence-corrected chi connectivity index (χ4v) is 4.07. The number of carbonyl (C=O) groups excluding carboxylic acids is 1. The molecule has 5 nitrogen and oxygen atoms in total. The number of likely N-dealkylation sites (tertiary alicyclic amines) is 1. The Morgan fingerprint density at radius 1 is 1.27 bits per heavy atom. The lowest BCUT2D eigenvalue weighted by Crippen LogP contribution is -2.45. The van der Waals surface area contributed by atoms with E-state index in [4.69, 9.17) is 4.74 Å². The van der Waals surface area contributed by atoms with Crippen LogP contribution in [0.15, 0.2) is 24.3 Å². The van der Waals surface area contributed by atoms with E-state index in [9.17, 15) is 14.7 Å². The molecular formula is C21H29NO4. The number of benzene rings is 1. The lowest BCUT2D eigenvalue weighted by atomic mass is 9.74.